The number of hydrogen-bond donors (Lipinski definition) is 4. The number of methoxy groups -OCH3 is 1. The maximum Gasteiger partial charge on any atom is 0.325 e. The van der Waals surface area contributed by atoms with Gasteiger partial charge in [0.1, 0.15) is 5.75 Å². The van der Waals surface area contributed by atoms with E-state index in [1.165, 1.54) is 19.5 Å². The lowest BCUT2D eigenvalue weighted by atomic mass is 9.95. The van der Waals surface area contributed by atoms with Gasteiger partial charge in [-0.2, -0.15) is 0 Å². The largest absolute Gasteiger partial charge is 0.497 e. The molecule has 13 nitrogen and oxygen atoms in total. The van der Waals surface area contributed by atoms with Crippen LogP contribution in [0.4, 0.5) is 15.6 Å². The van der Waals surface area contributed by atoms with E-state index in [1.54, 1.807) is 18.2 Å². The number of hydrogen-bond acceptors (Lipinski definition) is 10. The Hall–Kier alpha value is -3.34. The Balaban J connectivity index is 1.59. The number of rotatable bonds is 10. The third-order valence-electron chi connectivity index (χ3n) is 5.82. The molecule has 1 aliphatic rings. The zero-order valence-electron chi connectivity index (χ0n) is 20.5. The second kappa shape index (κ2) is 11.2. The van der Waals surface area contributed by atoms with Gasteiger partial charge in [-0.15, -0.1) is 0 Å². The molecule has 4 N–H and O–H groups in total. The van der Waals surface area contributed by atoms with Crippen molar-refractivity contribution in [3.05, 3.63) is 41.9 Å². The summed E-state index contributed by atoms with van der Waals surface area (Å²) < 4.78 is 56.5. The van der Waals surface area contributed by atoms with E-state index in [-0.39, 0.29) is 37.6 Å². The number of amides is 2. The van der Waals surface area contributed by atoms with Crippen molar-refractivity contribution in [2.75, 3.05) is 24.0 Å². The number of sulfone groups is 1. The molecule has 0 atom stereocenters. The molecule has 2 amide bonds. The summed E-state index contributed by atoms with van der Waals surface area (Å²) in [6, 6.07) is 3.96. The van der Waals surface area contributed by atoms with Crippen molar-refractivity contribution in [2.45, 2.75) is 41.6 Å². The van der Waals surface area contributed by atoms with Crippen LogP contribution in [0.3, 0.4) is 0 Å². The molecule has 0 spiro atoms. The average molecular weight is 583 g/mol. The van der Waals surface area contributed by atoms with Gasteiger partial charge in [0.15, 0.2) is 15.1 Å². The standard InChI is InChI=1S/C22H26N6O7S3/c1-35-14-7-8-16(15(11-14)18(29)13-5-3-4-6-13)26-20(30)28-21-27-17(12-25-37(2,31)32)19(36-21)38(33,34)22-23-9-10-24-22/h7-11,13,25H,3-6,12H2,1-2H3,(H,23,24)(H2,26,27,28,30). The number of aromatic nitrogens is 3. The Morgan fingerprint density at radius 2 is 1.89 bits per heavy atom. The van der Waals surface area contributed by atoms with E-state index in [1.807, 2.05) is 0 Å². The van der Waals surface area contributed by atoms with Crippen LogP contribution in [0.25, 0.3) is 0 Å². The smallest absolute Gasteiger partial charge is 0.325 e. The van der Waals surface area contributed by atoms with Gasteiger partial charge in [-0.3, -0.25) is 10.1 Å². The molecule has 0 unspecified atom stereocenters. The number of urea groups is 1. The highest BCUT2D eigenvalue weighted by molar-refractivity contribution is 7.93. The molecule has 3 aromatic rings. The van der Waals surface area contributed by atoms with Gasteiger partial charge in [-0.05, 0) is 31.0 Å². The number of nitrogens with one attached hydrogen (secondary N) is 4. The molecule has 0 saturated heterocycles. The van der Waals surface area contributed by atoms with Crippen LogP contribution in [0.15, 0.2) is 40.0 Å². The molecule has 0 radical (unpaired) electrons. The van der Waals surface area contributed by atoms with Gasteiger partial charge in [0, 0.05) is 23.9 Å². The third kappa shape index (κ3) is 6.38. The number of carbonyl (C=O) groups excluding carboxylic acids is 2. The highest BCUT2D eigenvalue weighted by atomic mass is 32.2. The Morgan fingerprint density at radius 1 is 1.16 bits per heavy atom. The molecule has 0 aliphatic heterocycles. The van der Waals surface area contributed by atoms with Gasteiger partial charge in [-0.1, -0.05) is 24.2 Å². The van der Waals surface area contributed by atoms with Crippen molar-refractivity contribution in [3.8, 4) is 5.75 Å². The fraction of sp³-hybridized carbons (Fsp3) is 0.364. The van der Waals surface area contributed by atoms with Crippen molar-refractivity contribution in [1.29, 1.82) is 0 Å². The molecule has 0 bridgehead atoms. The van der Waals surface area contributed by atoms with Crippen LogP contribution < -0.4 is 20.1 Å². The van der Waals surface area contributed by atoms with Crippen LogP contribution in [0.5, 0.6) is 5.75 Å². The number of ketones is 1. The number of Topliss-reactive ketones (excluding diaryl/α,β-unsaturated/α-hetero) is 1. The van der Waals surface area contributed by atoms with E-state index in [0.29, 0.717) is 22.6 Å². The van der Waals surface area contributed by atoms with Crippen molar-refractivity contribution < 1.29 is 31.2 Å². The summed E-state index contributed by atoms with van der Waals surface area (Å²) in [5, 5.41) is 4.64. The summed E-state index contributed by atoms with van der Waals surface area (Å²) in [5.41, 5.74) is 0.456. The van der Waals surface area contributed by atoms with Gasteiger partial charge < -0.3 is 15.0 Å². The number of aromatic amines is 1. The van der Waals surface area contributed by atoms with Crippen molar-refractivity contribution in [2.24, 2.45) is 5.92 Å². The van der Waals surface area contributed by atoms with Crippen LogP contribution in [-0.4, -0.2) is 57.0 Å². The molecule has 4 rings (SSSR count). The molecule has 2 heterocycles. The minimum absolute atomic E-state index is 0.0908. The number of anilines is 2. The van der Waals surface area contributed by atoms with E-state index in [4.69, 9.17) is 4.74 Å². The highest BCUT2D eigenvalue weighted by Crippen LogP contribution is 2.33. The predicted molar refractivity (Wildman–Crippen MR) is 140 cm³/mol. The number of benzene rings is 1. The average Bonchev–Trinajstić information content (AvgIpc) is 3.64. The van der Waals surface area contributed by atoms with Crippen LogP contribution >= 0.6 is 11.3 Å². The van der Waals surface area contributed by atoms with Crippen LogP contribution in [-0.2, 0) is 26.4 Å². The van der Waals surface area contributed by atoms with Crippen LogP contribution in [0.1, 0.15) is 41.7 Å². The van der Waals surface area contributed by atoms with E-state index >= 15 is 0 Å². The molecule has 204 valence electrons. The van der Waals surface area contributed by atoms with E-state index in [2.05, 4.69) is 30.3 Å². The second-order valence-corrected chi connectivity index (χ2v) is 13.5. The molecule has 38 heavy (non-hydrogen) atoms. The Kier molecular flexibility index (Phi) is 8.15. The Morgan fingerprint density at radius 3 is 2.53 bits per heavy atom. The minimum Gasteiger partial charge on any atom is -0.497 e. The van der Waals surface area contributed by atoms with Gasteiger partial charge in [0.2, 0.25) is 15.2 Å². The van der Waals surface area contributed by atoms with Crippen molar-refractivity contribution >= 4 is 53.8 Å². The SMILES string of the molecule is COc1ccc(NC(=O)Nc2nc(CNS(C)(=O)=O)c(S(=O)(=O)c3ncc[nH]3)s2)c(C(=O)C2CCCC2)c1. The summed E-state index contributed by atoms with van der Waals surface area (Å²) in [6.45, 7) is -0.424. The molecular weight excluding hydrogens is 556 g/mol. The van der Waals surface area contributed by atoms with Crippen LogP contribution in [0, 0.1) is 5.92 Å². The summed E-state index contributed by atoms with van der Waals surface area (Å²) in [5.74, 6) is 0.240. The first-order chi connectivity index (χ1) is 18.0. The van der Waals surface area contributed by atoms with E-state index in [0.717, 1.165) is 31.9 Å². The lowest BCUT2D eigenvalue weighted by molar-refractivity contribution is 0.0923. The van der Waals surface area contributed by atoms with Gasteiger partial charge in [-0.25, -0.2) is 36.3 Å². The van der Waals surface area contributed by atoms with Gasteiger partial charge in [0.05, 0.1) is 31.3 Å². The first-order valence-electron chi connectivity index (χ1n) is 11.5. The zero-order chi connectivity index (χ0) is 27.5. The molecule has 16 heteroatoms. The number of H-pyrrole nitrogens is 1. The lowest BCUT2D eigenvalue weighted by Crippen LogP contribution is -2.23. The fourth-order valence-electron chi connectivity index (χ4n) is 4.02. The highest BCUT2D eigenvalue weighted by Gasteiger charge is 2.30. The summed E-state index contributed by atoms with van der Waals surface area (Å²) >= 11 is 0.638. The van der Waals surface area contributed by atoms with Crippen molar-refractivity contribution in [3.63, 3.8) is 0 Å². The van der Waals surface area contributed by atoms with E-state index < -0.39 is 32.4 Å². The Bertz CT molecular complexity index is 1540. The number of carbonyl (C=O) groups is 2. The molecule has 1 aliphatic carbocycles. The second-order valence-electron chi connectivity index (χ2n) is 8.58. The zero-order valence-corrected chi connectivity index (χ0v) is 22.9. The number of sulfonamides is 1. The maximum atomic E-state index is 13.1. The minimum atomic E-state index is -4.18. The number of imidazole rings is 1. The molecule has 1 aromatic carbocycles. The summed E-state index contributed by atoms with van der Waals surface area (Å²) in [4.78, 5) is 36.4. The molecular formula is C22H26N6O7S3. The fourth-order valence-corrected chi connectivity index (χ4v) is 7.07. The number of thiazole rings is 1. The first kappa shape index (κ1) is 27.7. The normalized spacial score (nSPS) is 14.4. The molecule has 1 saturated carbocycles. The first-order valence-corrected chi connectivity index (χ1v) is 15.7. The maximum absolute atomic E-state index is 13.1. The quantitative estimate of drug-likeness (QED) is 0.260. The number of nitrogens with zero attached hydrogens (tertiary/aromatic N) is 2. The van der Waals surface area contributed by atoms with E-state index in [9.17, 15) is 26.4 Å². The van der Waals surface area contributed by atoms with Crippen molar-refractivity contribution in [1.82, 2.24) is 19.7 Å². The molecule has 1 fully saturated rings. The predicted octanol–water partition coefficient (Wildman–Crippen LogP) is 2.77. The molecule has 2 aromatic heterocycles. The summed E-state index contributed by atoms with van der Waals surface area (Å²) in [6.07, 6.45) is 6.99. The monoisotopic (exact) mass is 582 g/mol. The number of ether oxygens (including phenoxy) is 1. The topological polar surface area (TPSA) is 189 Å². The van der Waals surface area contributed by atoms with Gasteiger partial charge in [0.25, 0.3) is 9.84 Å². The third-order valence-corrected chi connectivity index (χ3v) is 9.66. The Labute approximate surface area is 223 Å². The summed E-state index contributed by atoms with van der Waals surface area (Å²) in [7, 11) is -6.36. The van der Waals surface area contributed by atoms with Crippen LogP contribution in [0.2, 0.25) is 0 Å². The lowest BCUT2D eigenvalue weighted by Gasteiger charge is -2.15. The van der Waals surface area contributed by atoms with Gasteiger partial charge >= 0.3 is 6.03 Å².